The standard InChI is InChI=1S/C25H35N5OS/c1-18-17-21(19(2)30(18)20-7-3-4-8-20)24-23(22-9-5-6-10-26-22)27-25(32)29(24)12-11-28-13-15-31-16-14-28/h5-6,9-10,17,20,23-24H,3-4,7-8,11-16H2,1-2H3,(H,27,32)/t23-,24-/m1/s1. The Morgan fingerprint density at radius 3 is 2.62 bits per heavy atom. The Morgan fingerprint density at radius 2 is 1.91 bits per heavy atom. The molecule has 32 heavy (non-hydrogen) atoms. The molecule has 2 aromatic heterocycles. The molecule has 172 valence electrons. The van der Waals surface area contributed by atoms with Crippen LogP contribution in [0, 0.1) is 13.8 Å². The smallest absolute Gasteiger partial charge is 0.170 e. The lowest BCUT2D eigenvalue weighted by Gasteiger charge is -2.32. The van der Waals surface area contributed by atoms with Gasteiger partial charge in [-0.25, -0.2) is 0 Å². The van der Waals surface area contributed by atoms with E-state index in [-0.39, 0.29) is 12.1 Å². The normalized spacial score (nSPS) is 24.9. The summed E-state index contributed by atoms with van der Waals surface area (Å²) in [5.74, 6) is 0. The number of morpholine rings is 1. The minimum atomic E-state index is 0.0610. The molecule has 1 N–H and O–H groups in total. The summed E-state index contributed by atoms with van der Waals surface area (Å²) in [6, 6.07) is 9.43. The van der Waals surface area contributed by atoms with Gasteiger partial charge in [0.2, 0.25) is 0 Å². The van der Waals surface area contributed by atoms with Crippen LogP contribution in [0.25, 0.3) is 0 Å². The molecule has 1 aliphatic carbocycles. The van der Waals surface area contributed by atoms with Gasteiger partial charge in [0.1, 0.15) is 0 Å². The quantitative estimate of drug-likeness (QED) is 0.669. The number of aryl methyl sites for hydroxylation is 1. The fraction of sp³-hybridized carbons (Fsp3) is 0.600. The predicted molar refractivity (Wildman–Crippen MR) is 131 cm³/mol. The third-order valence-corrected chi connectivity index (χ3v) is 7.84. The summed E-state index contributed by atoms with van der Waals surface area (Å²) in [5.41, 5.74) is 5.21. The molecule has 2 aliphatic heterocycles. The summed E-state index contributed by atoms with van der Waals surface area (Å²) in [7, 11) is 0. The van der Waals surface area contributed by atoms with E-state index < -0.39 is 0 Å². The number of thiocarbonyl (C=S) groups is 1. The van der Waals surface area contributed by atoms with Crippen molar-refractivity contribution in [3.8, 4) is 0 Å². The van der Waals surface area contributed by atoms with Gasteiger partial charge in [-0.15, -0.1) is 0 Å². The van der Waals surface area contributed by atoms with Gasteiger partial charge in [-0.3, -0.25) is 9.88 Å². The SMILES string of the molecule is Cc1cc([C@@H]2[C@@H](c3ccccn3)NC(=S)N2CCN2CCOCC2)c(C)n1C1CCCC1. The molecule has 2 aromatic rings. The molecular weight excluding hydrogens is 418 g/mol. The van der Waals surface area contributed by atoms with Gasteiger partial charge < -0.3 is 19.5 Å². The van der Waals surface area contributed by atoms with E-state index in [2.05, 4.69) is 51.7 Å². The van der Waals surface area contributed by atoms with E-state index in [9.17, 15) is 0 Å². The Hall–Kier alpha value is -1.96. The molecule has 0 radical (unpaired) electrons. The second-order valence-electron chi connectivity index (χ2n) is 9.41. The number of hydrogen-bond acceptors (Lipinski definition) is 4. The van der Waals surface area contributed by atoms with E-state index in [1.54, 1.807) is 0 Å². The van der Waals surface area contributed by atoms with Crippen molar-refractivity contribution in [2.24, 2.45) is 0 Å². The third kappa shape index (κ3) is 4.18. The van der Waals surface area contributed by atoms with Gasteiger partial charge in [-0.2, -0.15) is 0 Å². The van der Waals surface area contributed by atoms with Crippen molar-refractivity contribution in [1.29, 1.82) is 0 Å². The van der Waals surface area contributed by atoms with Crippen molar-refractivity contribution in [3.05, 3.63) is 53.1 Å². The summed E-state index contributed by atoms with van der Waals surface area (Å²) < 4.78 is 8.13. The second kappa shape index (κ2) is 9.49. The van der Waals surface area contributed by atoms with E-state index in [4.69, 9.17) is 21.9 Å². The average molecular weight is 454 g/mol. The van der Waals surface area contributed by atoms with E-state index in [0.717, 1.165) is 50.2 Å². The number of aromatic nitrogens is 2. The molecule has 0 aromatic carbocycles. The first-order valence-electron chi connectivity index (χ1n) is 12.1. The van der Waals surface area contributed by atoms with Crippen LogP contribution in [0.3, 0.4) is 0 Å². The Morgan fingerprint density at radius 1 is 1.12 bits per heavy atom. The number of rotatable bonds is 6. The lowest BCUT2D eigenvalue weighted by atomic mass is 9.96. The first kappa shape index (κ1) is 21.9. The van der Waals surface area contributed by atoms with E-state index in [1.807, 2.05) is 12.3 Å². The molecule has 5 rings (SSSR count). The van der Waals surface area contributed by atoms with Gasteiger partial charge in [0.25, 0.3) is 0 Å². The third-order valence-electron chi connectivity index (χ3n) is 7.49. The van der Waals surface area contributed by atoms with Gasteiger partial charge in [0.05, 0.1) is 31.0 Å². The van der Waals surface area contributed by atoms with Crippen molar-refractivity contribution in [3.63, 3.8) is 0 Å². The van der Waals surface area contributed by atoms with Crippen LogP contribution in [0.2, 0.25) is 0 Å². The zero-order valence-corrected chi connectivity index (χ0v) is 20.1. The maximum absolute atomic E-state index is 5.89. The molecule has 1 saturated carbocycles. The summed E-state index contributed by atoms with van der Waals surface area (Å²) in [6.07, 6.45) is 7.15. The molecule has 0 amide bonds. The maximum atomic E-state index is 5.89. The number of hydrogen-bond donors (Lipinski definition) is 1. The van der Waals surface area contributed by atoms with Crippen LogP contribution >= 0.6 is 12.2 Å². The van der Waals surface area contributed by atoms with Gasteiger partial charge in [0, 0.05) is 49.8 Å². The first-order valence-corrected chi connectivity index (χ1v) is 12.5. The van der Waals surface area contributed by atoms with Crippen LogP contribution in [0.4, 0.5) is 0 Å². The molecule has 0 spiro atoms. The van der Waals surface area contributed by atoms with Gasteiger partial charge in [0.15, 0.2) is 5.11 Å². The highest BCUT2D eigenvalue weighted by Crippen LogP contribution is 2.42. The molecule has 7 heteroatoms. The molecule has 3 fully saturated rings. The Kier molecular flexibility index (Phi) is 6.49. The number of pyridine rings is 1. The molecule has 4 heterocycles. The molecule has 0 bridgehead atoms. The summed E-state index contributed by atoms with van der Waals surface area (Å²) >= 11 is 5.89. The zero-order valence-electron chi connectivity index (χ0n) is 19.3. The highest BCUT2D eigenvalue weighted by Gasteiger charge is 2.41. The summed E-state index contributed by atoms with van der Waals surface area (Å²) in [6.45, 7) is 10.1. The zero-order chi connectivity index (χ0) is 22.1. The maximum Gasteiger partial charge on any atom is 0.170 e. The van der Waals surface area contributed by atoms with Crippen LogP contribution in [0.5, 0.6) is 0 Å². The Labute approximate surface area is 196 Å². The van der Waals surface area contributed by atoms with E-state index in [1.165, 1.54) is 42.6 Å². The topological polar surface area (TPSA) is 45.6 Å². The van der Waals surface area contributed by atoms with E-state index >= 15 is 0 Å². The first-order chi connectivity index (χ1) is 15.6. The van der Waals surface area contributed by atoms with Crippen molar-refractivity contribution < 1.29 is 4.74 Å². The molecular formula is C25H35N5OS. The van der Waals surface area contributed by atoms with Crippen LogP contribution in [0.15, 0.2) is 30.5 Å². The largest absolute Gasteiger partial charge is 0.379 e. The van der Waals surface area contributed by atoms with Crippen LogP contribution in [0.1, 0.15) is 66.5 Å². The van der Waals surface area contributed by atoms with Crippen molar-refractivity contribution in [1.82, 2.24) is 24.7 Å². The van der Waals surface area contributed by atoms with Gasteiger partial charge in [-0.05, 0) is 62.7 Å². The van der Waals surface area contributed by atoms with E-state index in [0.29, 0.717) is 6.04 Å². The minimum absolute atomic E-state index is 0.0610. The number of ether oxygens (including phenoxy) is 1. The fourth-order valence-electron chi connectivity index (χ4n) is 5.89. The van der Waals surface area contributed by atoms with Gasteiger partial charge in [-0.1, -0.05) is 18.9 Å². The molecule has 0 unspecified atom stereocenters. The molecule has 2 atom stereocenters. The number of nitrogens with zero attached hydrogens (tertiary/aromatic N) is 4. The lowest BCUT2D eigenvalue weighted by Crippen LogP contribution is -2.42. The predicted octanol–water partition coefficient (Wildman–Crippen LogP) is 3.92. The monoisotopic (exact) mass is 453 g/mol. The summed E-state index contributed by atoms with van der Waals surface area (Å²) in [5, 5.41) is 4.46. The van der Waals surface area contributed by atoms with Crippen molar-refractivity contribution >= 4 is 17.3 Å². The second-order valence-corrected chi connectivity index (χ2v) is 9.80. The molecule has 3 aliphatic rings. The van der Waals surface area contributed by atoms with Crippen LogP contribution in [-0.4, -0.2) is 63.9 Å². The minimum Gasteiger partial charge on any atom is -0.379 e. The van der Waals surface area contributed by atoms with Crippen LogP contribution in [-0.2, 0) is 4.74 Å². The van der Waals surface area contributed by atoms with Crippen LogP contribution < -0.4 is 5.32 Å². The lowest BCUT2D eigenvalue weighted by molar-refractivity contribution is 0.0350. The molecule has 6 nitrogen and oxygen atoms in total. The number of nitrogens with one attached hydrogen (secondary N) is 1. The highest BCUT2D eigenvalue weighted by atomic mass is 32.1. The van der Waals surface area contributed by atoms with Crippen molar-refractivity contribution in [2.75, 3.05) is 39.4 Å². The van der Waals surface area contributed by atoms with Crippen molar-refractivity contribution in [2.45, 2.75) is 57.7 Å². The summed E-state index contributed by atoms with van der Waals surface area (Å²) in [4.78, 5) is 9.60. The van der Waals surface area contributed by atoms with Gasteiger partial charge >= 0.3 is 0 Å². The highest BCUT2D eigenvalue weighted by molar-refractivity contribution is 7.80. The molecule has 2 saturated heterocycles. The Bertz CT molecular complexity index is 933. The Balaban J connectivity index is 1.48. The average Bonchev–Trinajstić information content (AvgIpc) is 3.52. The fourth-order valence-corrected chi connectivity index (χ4v) is 6.22.